The number of hydrogen-bond acceptors (Lipinski definition) is 3. The molecule has 1 N–H and O–H groups in total. The third-order valence-electron chi connectivity index (χ3n) is 7.64. The van der Waals surface area contributed by atoms with Crippen molar-refractivity contribution in [2.24, 2.45) is 0 Å². The van der Waals surface area contributed by atoms with Crippen molar-refractivity contribution in [3.05, 3.63) is 111 Å². The highest BCUT2D eigenvalue weighted by molar-refractivity contribution is 9.10. The Morgan fingerprint density at radius 1 is 1.00 bits per heavy atom. The Kier molecular flexibility index (Phi) is 7.81. The molecule has 5 nitrogen and oxygen atoms in total. The van der Waals surface area contributed by atoms with Crippen LogP contribution in [-0.4, -0.2) is 23.1 Å². The Bertz CT molecular complexity index is 1690. The zero-order chi connectivity index (χ0) is 28.6. The molecule has 5 rings (SSSR count). The molecule has 0 fully saturated rings. The van der Waals surface area contributed by atoms with Crippen LogP contribution < -0.4 is 5.32 Å². The minimum absolute atomic E-state index is 0.118. The number of aromatic nitrogens is 1. The summed E-state index contributed by atoms with van der Waals surface area (Å²) >= 11 is 3.47. The number of allylic oxidation sites excluding steroid dienone is 4. The van der Waals surface area contributed by atoms with Gasteiger partial charge in [-0.05, 0) is 117 Å². The van der Waals surface area contributed by atoms with E-state index in [0.717, 1.165) is 54.5 Å². The number of rotatable bonds is 5. The first kappa shape index (κ1) is 27.7. The van der Waals surface area contributed by atoms with Crippen LogP contribution in [0, 0.1) is 6.92 Å². The fourth-order valence-electron chi connectivity index (χ4n) is 5.61. The fraction of sp³-hybridized carbons (Fsp3) is 0.235. The molecule has 204 valence electrons. The molecule has 0 saturated carbocycles. The molecule has 40 heavy (non-hydrogen) atoms. The number of aryl methyl sites for hydroxylation is 1. The Balaban J connectivity index is 1.62. The molecule has 4 aromatic rings. The summed E-state index contributed by atoms with van der Waals surface area (Å²) in [6, 6.07) is 19.7. The summed E-state index contributed by atoms with van der Waals surface area (Å²) in [7, 11) is 0. The van der Waals surface area contributed by atoms with E-state index in [-0.39, 0.29) is 17.9 Å². The molecule has 0 radical (unpaired) electrons. The number of halogens is 1. The lowest BCUT2D eigenvalue weighted by molar-refractivity contribution is 0.0526. The lowest BCUT2D eigenvalue weighted by Crippen LogP contribution is -2.26. The SMILES string of the molecule is C/C=C1\C(=C/C)Cn2c(c(C)c3cc(C(=O)N[C@@H](C)c4ccc(Br)cc4)ccc32)-c2cc(C(=O)OCC)cc1c2. The third kappa shape index (κ3) is 5.04. The van der Waals surface area contributed by atoms with Gasteiger partial charge in [0.15, 0.2) is 0 Å². The van der Waals surface area contributed by atoms with E-state index in [1.807, 2.05) is 82.3 Å². The molecule has 1 aliphatic heterocycles. The van der Waals surface area contributed by atoms with Gasteiger partial charge in [0, 0.05) is 27.5 Å². The first-order valence-electron chi connectivity index (χ1n) is 13.6. The molecule has 0 unspecified atom stereocenters. The minimum atomic E-state index is -0.331. The van der Waals surface area contributed by atoms with Crippen LogP contribution >= 0.6 is 15.9 Å². The molecule has 0 saturated heterocycles. The smallest absolute Gasteiger partial charge is 0.338 e. The van der Waals surface area contributed by atoms with Gasteiger partial charge in [-0.15, -0.1) is 0 Å². The summed E-state index contributed by atoms with van der Waals surface area (Å²) in [5.74, 6) is -0.449. The third-order valence-corrected chi connectivity index (χ3v) is 8.17. The second-order valence-corrected chi connectivity index (χ2v) is 11.0. The Morgan fingerprint density at radius 2 is 1.73 bits per heavy atom. The molecule has 6 heteroatoms. The van der Waals surface area contributed by atoms with Crippen LogP contribution in [0.4, 0.5) is 0 Å². The molecule has 1 aliphatic rings. The van der Waals surface area contributed by atoms with Crippen LogP contribution in [0.5, 0.6) is 0 Å². The van der Waals surface area contributed by atoms with Crippen molar-refractivity contribution in [2.75, 3.05) is 6.61 Å². The second-order valence-electron chi connectivity index (χ2n) is 10.1. The molecule has 2 bridgehead atoms. The standard InChI is InChI=1S/C34H33BrN2O3/c1-6-22-19-37-31-14-11-24(33(38)36-21(5)23-9-12-28(35)13-10-23)18-30(31)20(4)32(37)26-15-25(29(22)7-2)16-27(17-26)34(39)40-8-3/h6-7,9-18,21H,8,19H2,1-5H3,(H,36,38)/b22-6-,29-7+/t21-/m0/s1. The number of fused-ring (bicyclic) bond motifs is 6. The van der Waals surface area contributed by atoms with Crippen LogP contribution in [0.25, 0.3) is 27.7 Å². The van der Waals surface area contributed by atoms with Gasteiger partial charge < -0.3 is 14.6 Å². The second kappa shape index (κ2) is 11.3. The molecule has 2 heterocycles. The average Bonchev–Trinajstić information content (AvgIpc) is 3.22. The fourth-order valence-corrected chi connectivity index (χ4v) is 5.87. The molecule has 1 atom stereocenters. The van der Waals surface area contributed by atoms with Gasteiger partial charge in [-0.25, -0.2) is 4.79 Å². The number of benzene rings is 3. The lowest BCUT2D eigenvalue weighted by atomic mass is 9.91. The van der Waals surface area contributed by atoms with Crippen LogP contribution in [0.3, 0.4) is 0 Å². The number of carbonyl (C=O) groups is 2. The van der Waals surface area contributed by atoms with E-state index < -0.39 is 0 Å². The Hall–Kier alpha value is -3.90. The van der Waals surface area contributed by atoms with Gasteiger partial charge in [0.25, 0.3) is 5.91 Å². The van der Waals surface area contributed by atoms with Crippen molar-refractivity contribution in [2.45, 2.75) is 47.2 Å². The number of ether oxygens (including phenoxy) is 1. The normalized spacial score (nSPS) is 15.4. The van der Waals surface area contributed by atoms with Gasteiger partial charge in [0.05, 0.1) is 23.9 Å². The topological polar surface area (TPSA) is 60.3 Å². The Morgan fingerprint density at radius 3 is 2.40 bits per heavy atom. The monoisotopic (exact) mass is 596 g/mol. The van der Waals surface area contributed by atoms with Crippen LogP contribution in [0.15, 0.2) is 82.9 Å². The first-order chi connectivity index (χ1) is 19.2. The van der Waals surface area contributed by atoms with Crippen LogP contribution in [0.2, 0.25) is 0 Å². The van der Waals surface area contributed by atoms with Crippen molar-refractivity contribution in [3.8, 4) is 11.3 Å². The van der Waals surface area contributed by atoms with Gasteiger partial charge in [0.2, 0.25) is 0 Å². The van der Waals surface area contributed by atoms with Gasteiger partial charge >= 0.3 is 5.97 Å². The van der Waals surface area contributed by atoms with Crippen molar-refractivity contribution in [1.82, 2.24) is 9.88 Å². The number of esters is 1. The van der Waals surface area contributed by atoms with E-state index in [2.05, 4.69) is 51.0 Å². The highest BCUT2D eigenvalue weighted by Crippen LogP contribution is 2.40. The summed E-state index contributed by atoms with van der Waals surface area (Å²) in [4.78, 5) is 26.1. The molecule has 3 aromatic carbocycles. The largest absolute Gasteiger partial charge is 0.462 e. The van der Waals surface area contributed by atoms with Crippen molar-refractivity contribution in [3.63, 3.8) is 0 Å². The quantitative estimate of drug-likeness (QED) is 0.235. The number of carbonyl (C=O) groups excluding carboxylic acids is 2. The van der Waals surface area contributed by atoms with Gasteiger partial charge in [-0.1, -0.05) is 40.2 Å². The number of amides is 1. The molecule has 0 aliphatic carbocycles. The van der Waals surface area contributed by atoms with E-state index in [1.165, 1.54) is 0 Å². The Labute approximate surface area is 243 Å². The molecule has 0 spiro atoms. The predicted molar refractivity (Wildman–Crippen MR) is 165 cm³/mol. The van der Waals surface area contributed by atoms with Gasteiger partial charge in [-0.3, -0.25) is 4.79 Å². The lowest BCUT2D eigenvalue weighted by Gasteiger charge is -2.22. The average molecular weight is 598 g/mol. The number of hydrogen-bond donors (Lipinski definition) is 1. The maximum absolute atomic E-state index is 13.3. The van der Waals surface area contributed by atoms with E-state index in [9.17, 15) is 9.59 Å². The summed E-state index contributed by atoms with van der Waals surface area (Å²) < 4.78 is 8.66. The van der Waals surface area contributed by atoms with Crippen molar-refractivity contribution < 1.29 is 14.3 Å². The first-order valence-corrected chi connectivity index (χ1v) is 14.4. The zero-order valence-corrected chi connectivity index (χ0v) is 25.1. The van der Waals surface area contributed by atoms with E-state index in [0.29, 0.717) is 24.3 Å². The summed E-state index contributed by atoms with van der Waals surface area (Å²) in [5, 5.41) is 4.15. The summed E-state index contributed by atoms with van der Waals surface area (Å²) in [6.07, 6.45) is 4.23. The summed E-state index contributed by atoms with van der Waals surface area (Å²) in [5.41, 5.74) is 9.54. The van der Waals surface area contributed by atoms with Crippen molar-refractivity contribution in [1.29, 1.82) is 0 Å². The van der Waals surface area contributed by atoms with Crippen LogP contribution in [0.1, 0.15) is 71.1 Å². The maximum atomic E-state index is 13.3. The number of nitrogens with one attached hydrogen (secondary N) is 1. The molecule has 1 amide bonds. The number of nitrogens with zero attached hydrogens (tertiary/aromatic N) is 1. The zero-order valence-electron chi connectivity index (χ0n) is 23.5. The van der Waals surface area contributed by atoms with Gasteiger partial charge in [0.1, 0.15) is 0 Å². The van der Waals surface area contributed by atoms with Crippen molar-refractivity contribution >= 4 is 44.3 Å². The van der Waals surface area contributed by atoms with E-state index in [1.54, 1.807) is 0 Å². The predicted octanol–water partition coefficient (Wildman–Crippen LogP) is 8.41. The minimum Gasteiger partial charge on any atom is -0.462 e. The molecule has 1 aromatic heterocycles. The molecular formula is C34H33BrN2O3. The van der Waals surface area contributed by atoms with Crippen LogP contribution in [-0.2, 0) is 11.3 Å². The highest BCUT2D eigenvalue weighted by Gasteiger charge is 2.24. The van der Waals surface area contributed by atoms with E-state index >= 15 is 0 Å². The maximum Gasteiger partial charge on any atom is 0.338 e. The highest BCUT2D eigenvalue weighted by atomic mass is 79.9. The molecular weight excluding hydrogens is 564 g/mol. The van der Waals surface area contributed by atoms with Gasteiger partial charge in [-0.2, -0.15) is 0 Å². The van der Waals surface area contributed by atoms with E-state index in [4.69, 9.17) is 4.74 Å². The summed E-state index contributed by atoms with van der Waals surface area (Å²) in [6.45, 7) is 11.0.